The monoisotopic (exact) mass is 343 g/mol. The summed E-state index contributed by atoms with van der Waals surface area (Å²) in [6.07, 6.45) is 0. The average molecular weight is 344 g/mol. The smallest absolute Gasteiger partial charge is 0.269 e. The molecular formula is C12H11BrFN3OS. The Hall–Kier alpha value is -1.34. The summed E-state index contributed by atoms with van der Waals surface area (Å²) < 4.78 is 17.3. The fourth-order valence-corrected chi connectivity index (χ4v) is 2.67. The van der Waals surface area contributed by atoms with Gasteiger partial charge in [-0.05, 0) is 51.6 Å². The molecule has 0 spiro atoms. The largest absolute Gasteiger partial charge is 0.320 e. The Morgan fingerprint density at radius 2 is 2.21 bits per heavy atom. The van der Waals surface area contributed by atoms with E-state index >= 15 is 0 Å². The molecule has 0 atom stereocenters. The van der Waals surface area contributed by atoms with Gasteiger partial charge in [-0.1, -0.05) is 18.3 Å². The summed E-state index contributed by atoms with van der Waals surface area (Å²) in [6, 6.07) is 4.08. The van der Waals surface area contributed by atoms with Gasteiger partial charge < -0.3 is 5.32 Å². The Morgan fingerprint density at radius 1 is 1.47 bits per heavy atom. The van der Waals surface area contributed by atoms with Crippen LogP contribution in [0.2, 0.25) is 0 Å². The molecule has 0 saturated carbocycles. The van der Waals surface area contributed by atoms with Crippen LogP contribution in [0.15, 0.2) is 22.7 Å². The van der Waals surface area contributed by atoms with Gasteiger partial charge >= 0.3 is 0 Å². The SMILES string of the molecule is CC(C)c1nnsc1C(=O)Nc1ccc(F)cc1Br. The highest BCUT2D eigenvalue weighted by Crippen LogP contribution is 2.25. The minimum absolute atomic E-state index is 0.121. The van der Waals surface area contributed by atoms with Crippen molar-refractivity contribution >= 4 is 39.1 Å². The maximum atomic E-state index is 13.0. The molecule has 100 valence electrons. The van der Waals surface area contributed by atoms with Gasteiger partial charge in [-0.15, -0.1) is 5.10 Å². The maximum absolute atomic E-state index is 13.0. The third-order valence-corrected chi connectivity index (χ3v) is 3.84. The first-order chi connectivity index (χ1) is 8.99. The van der Waals surface area contributed by atoms with Crippen molar-refractivity contribution in [2.75, 3.05) is 5.32 Å². The van der Waals surface area contributed by atoms with Crippen molar-refractivity contribution in [2.24, 2.45) is 0 Å². The van der Waals surface area contributed by atoms with Gasteiger partial charge in [0.15, 0.2) is 0 Å². The van der Waals surface area contributed by atoms with Gasteiger partial charge in [-0.25, -0.2) is 4.39 Å². The number of benzene rings is 1. The number of rotatable bonds is 3. The van der Waals surface area contributed by atoms with E-state index in [1.165, 1.54) is 18.2 Å². The van der Waals surface area contributed by atoms with Gasteiger partial charge in [0.1, 0.15) is 10.7 Å². The van der Waals surface area contributed by atoms with E-state index in [1.54, 1.807) is 0 Å². The first-order valence-electron chi connectivity index (χ1n) is 5.57. The molecular weight excluding hydrogens is 333 g/mol. The van der Waals surface area contributed by atoms with Crippen LogP contribution >= 0.6 is 27.5 Å². The van der Waals surface area contributed by atoms with Gasteiger partial charge in [0, 0.05) is 4.47 Å². The minimum atomic E-state index is -0.368. The molecule has 0 saturated heterocycles. The molecule has 0 aliphatic rings. The molecule has 1 aromatic heterocycles. The second-order valence-electron chi connectivity index (χ2n) is 4.22. The van der Waals surface area contributed by atoms with E-state index in [4.69, 9.17) is 0 Å². The molecule has 1 heterocycles. The van der Waals surface area contributed by atoms with Crippen molar-refractivity contribution in [1.29, 1.82) is 0 Å². The van der Waals surface area contributed by atoms with E-state index in [-0.39, 0.29) is 17.6 Å². The summed E-state index contributed by atoms with van der Waals surface area (Å²) in [5, 5.41) is 6.66. The summed E-state index contributed by atoms with van der Waals surface area (Å²) >= 11 is 4.26. The third-order valence-electron chi connectivity index (χ3n) is 2.45. The predicted octanol–water partition coefficient (Wildman–Crippen LogP) is 3.82. The molecule has 7 heteroatoms. The highest BCUT2D eigenvalue weighted by atomic mass is 79.9. The Bertz CT molecular complexity index is 615. The molecule has 0 fully saturated rings. The number of amides is 1. The molecule has 1 amide bonds. The number of hydrogen-bond donors (Lipinski definition) is 1. The van der Waals surface area contributed by atoms with Gasteiger partial charge in [-0.2, -0.15) is 0 Å². The molecule has 0 bridgehead atoms. The van der Waals surface area contributed by atoms with E-state index in [0.29, 0.717) is 20.7 Å². The van der Waals surface area contributed by atoms with Crippen LogP contribution in [0, 0.1) is 5.82 Å². The topological polar surface area (TPSA) is 54.9 Å². The van der Waals surface area contributed by atoms with Gasteiger partial charge in [0.05, 0.1) is 11.4 Å². The van der Waals surface area contributed by atoms with Crippen molar-refractivity contribution < 1.29 is 9.18 Å². The number of carbonyl (C=O) groups excluding carboxylic acids is 1. The van der Waals surface area contributed by atoms with Crippen molar-refractivity contribution in [2.45, 2.75) is 19.8 Å². The first kappa shape index (κ1) is 14.1. The maximum Gasteiger partial charge on any atom is 0.269 e. The highest BCUT2D eigenvalue weighted by molar-refractivity contribution is 9.10. The molecule has 0 unspecified atom stereocenters. The summed E-state index contributed by atoms with van der Waals surface area (Å²) in [6.45, 7) is 3.89. The highest BCUT2D eigenvalue weighted by Gasteiger charge is 2.19. The van der Waals surface area contributed by atoms with Crippen LogP contribution in [0.5, 0.6) is 0 Å². The molecule has 0 aliphatic carbocycles. The fourth-order valence-electron chi connectivity index (χ4n) is 1.50. The Kier molecular flexibility index (Phi) is 4.26. The van der Waals surface area contributed by atoms with Gasteiger partial charge in [0.2, 0.25) is 0 Å². The number of hydrogen-bond acceptors (Lipinski definition) is 4. The van der Waals surface area contributed by atoms with Crippen LogP contribution in [0.25, 0.3) is 0 Å². The molecule has 2 aromatic rings. The summed E-state index contributed by atoms with van der Waals surface area (Å²) in [4.78, 5) is 12.6. The van der Waals surface area contributed by atoms with E-state index < -0.39 is 0 Å². The van der Waals surface area contributed by atoms with E-state index in [9.17, 15) is 9.18 Å². The van der Waals surface area contributed by atoms with Gasteiger partial charge in [0.25, 0.3) is 5.91 Å². The normalized spacial score (nSPS) is 10.8. The van der Waals surface area contributed by atoms with Crippen LogP contribution in [-0.4, -0.2) is 15.5 Å². The minimum Gasteiger partial charge on any atom is -0.320 e. The first-order valence-corrected chi connectivity index (χ1v) is 7.14. The number of nitrogens with one attached hydrogen (secondary N) is 1. The quantitative estimate of drug-likeness (QED) is 0.921. The van der Waals surface area contributed by atoms with Crippen LogP contribution in [0.3, 0.4) is 0 Å². The summed E-state index contributed by atoms with van der Waals surface area (Å²) in [7, 11) is 0. The molecule has 1 aromatic carbocycles. The number of anilines is 1. The van der Waals surface area contributed by atoms with Crippen molar-refractivity contribution in [3.63, 3.8) is 0 Å². The zero-order chi connectivity index (χ0) is 14.0. The third kappa shape index (κ3) is 3.16. The van der Waals surface area contributed by atoms with E-state index in [2.05, 4.69) is 30.8 Å². The zero-order valence-electron chi connectivity index (χ0n) is 10.3. The Balaban J connectivity index is 2.23. The Morgan fingerprint density at radius 3 is 2.84 bits per heavy atom. The van der Waals surface area contributed by atoms with E-state index in [0.717, 1.165) is 11.5 Å². The standard InChI is InChI=1S/C12H11BrFN3OS/c1-6(2)10-11(19-17-16-10)12(18)15-9-4-3-7(14)5-8(9)13/h3-6H,1-2H3,(H,15,18). The lowest BCUT2D eigenvalue weighted by Crippen LogP contribution is -2.13. The summed E-state index contributed by atoms with van der Waals surface area (Å²) in [5.74, 6) is -0.533. The lowest BCUT2D eigenvalue weighted by atomic mass is 10.1. The number of halogens is 2. The van der Waals surface area contributed by atoms with Crippen molar-refractivity contribution in [3.8, 4) is 0 Å². The average Bonchev–Trinajstić information content (AvgIpc) is 2.82. The second kappa shape index (κ2) is 5.75. The Labute approximate surface area is 122 Å². The lowest BCUT2D eigenvalue weighted by Gasteiger charge is -2.07. The second-order valence-corrected chi connectivity index (χ2v) is 5.83. The van der Waals surface area contributed by atoms with Crippen molar-refractivity contribution in [1.82, 2.24) is 9.59 Å². The van der Waals surface area contributed by atoms with E-state index in [1.807, 2.05) is 13.8 Å². The molecule has 4 nitrogen and oxygen atoms in total. The van der Waals surface area contributed by atoms with Crippen LogP contribution in [0.4, 0.5) is 10.1 Å². The van der Waals surface area contributed by atoms with Gasteiger partial charge in [-0.3, -0.25) is 4.79 Å². The van der Waals surface area contributed by atoms with Crippen LogP contribution < -0.4 is 5.32 Å². The zero-order valence-corrected chi connectivity index (χ0v) is 12.7. The molecule has 0 aliphatic heterocycles. The molecule has 1 N–H and O–H groups in total. The predicted molar refractivity (Wildman–Crippen MR) is 76.1 cm³/mol. The number of aromatic nitrogens is 2. The van der Waals surface area contributed by atoms with Crippen LogP contribution in [-0.2, 0) is 0 Å². The molecule has 2 rings (SSSR count). The summed E-state index contributed by atoms with van der Waals surface area (Å²) in [5.41, 5.74) is 1.18. The fraction of sp³-hybridized carbons (Fsp3) is 0.250. The number of carbonyl (C=O) groups is 1. The molecule has 19 heavy (non-hydrogen) atoms. The lowest BCUT2D eigenvalue weighted by molar-refractivity contribution is 0.102. The van der Waals surface area contributed by atoms with Crippen LogP contribution in [0.1, 0.15) is 35.1 Å². The number of nitrogens with zero attached hydrogens (tertiary/aromatic N) is 2. The molecule has 0 radical (unpaired) electrons. The van der Waals surface area contributed by atoms with Crippen molar-refractivity contribution in [3.05, 3.63) is 39.1 Å².